The van der Waals surface area contributed by atoms with E-state index in [0.29, 0.717) is 6.54 Å². The number of hydrogen-bond donors (Lipinski definition) is 2. The largest absolute Gasteiger partial charge is 0.389 e. The number of hydrogen-bond acceptors (Lipinski definition) is 3. The van der Waals surface area contributed by atoms with Gasteiger partial charge < -0.3 is 10.8 Å². The molecule has 96 valence electrons. The van der Waals surface area contributed by atoms with E-state index in [1.165, 1.54) is 4.90 Å². The zero-order valence-corrected chi connectivity index (χ0v) is 12.6. The van der Waals surface area contributed by atoms with Crippen LogP contribution in [0.4, 0.5) is 0 Å². The van der Waals surface area contributed by atoms with E-state index >= 15 is 0 Å². The highest BCUT2D eigenvalue weighted by Gasteiger charge is 2.21. The minimum Gasteiger partial charge on any atom is -0.389 e. The van der Waals surface area contributed by atoms with Crippen molar-refractivity contribution >= 4 is 27.7 Å². The number of thioether (sulfide) groups is 1. The molecule has 0 aliphatic rings. The molecule has 0 heterocycles. The Morgan fingerprint density at radius 2 is 2.00 bits per heavy atom. The first-order valence-electron chi connectivity index (χ1n) is 5.90. The van der Waals surface area contributed by atoms with Gasteiger partial charge in [0.2, 0.25) is 0 Å². The Morgan fingerprint density at radius 3 is 2.53 bits per heavy atom. The van der Waals surface area contributed by atoms with Gasteiger partial charge in [-0.25, -0.2) is 0 Å². The van der Waals surface area contributed by atoms with E-state index in [1.807, 2.05) is 30.8 Å². The molecule has 17 heavy (non-hydrogen) atoms. The first-order chi connectivity index (χ1) is 8.09. The molecule has 2 nitrogen and oxygen atoms in total. The van der Waals surface area contributed by atoms with Crippen LogP contribution in [0.3, 0.4) is 0 Å². The number of rotatable bonds is 7. The second kappa shape index (κ2) is 7.41. The van der Waals surface area contributed by atoms with Crippen molar-refractivity contribution < 1.29 is 5.11 Å². The molecule has 1 unspecified atom stereocenters. The maximum absolute atomic E-state index is 10.0. The predicted molar refractivity (Wildman–Crippen MR) is 78.4 cm³/mol. The molecule has 0 aliphatic heterocycles. The second-order valence-electron chi connectivity index (χ2n) is 4.19. The van der Waals surface area contributed by atoms with Crippen molar-refractivity contribution in [1.82, 2.24) is 0 Å². The summed E-state index contributed by atoms with van der Waals surface area (Å²) in [5.74, 6) is 1.02. The van der Waals surface area contributed by atoms with Gasteiger partial charge >= 0.3 is 0 Å². The van der Waals surface area contributed by atoms with Crippen LogP contribution >= 0.6 is 27.7 Å². The summed E-state index contributed by atoms with van der Waals surface area (Å²) in [5, 5.41) is 10.0. The first kappa shape index (κ1) is 15.0. The highest BCUT2D eigenvalue weighted by atomic mass is 79.9. The highest BCUT2D eigenvalue weighted by Crippen LogP contribution is 2.23. The summed E-state index contributed by atoms with van der Waals surface area (Å²) in [7, 11) is 0. The van der Waals surface area contributed by atoms with Gasteiger partial charge in [0.05, 0.1) is 5.60 Å². The first-order valence-corrected chi connectivity index (χ1v) is 7.68. The van der Waals surface area contributed by atoms with Crippen molar-refractivity contribution in [1.29, 1.82) is 0 Å². The molecule has 0 radical (unpaired) electrons. The van der Waals surface area contributed by atoms with Crippen molar-refractivity contribution in [3.8, 4) is 0 Å². The van der Waals surface area contributed by atoms with Crippen molar-refractivity contribution in [2.75, 3.05) is 12.3 Å². The lowest BCUT2D eigenvalue weighted by Gasteiger charge is -2.24. The molecule has 4 heteroatoms. The van der Waals surface area contributed by atoms with Crippen LogP contribution in [0, 0.1) is 0 Å². The minimum absolute atomic E-state index is 0.354. The Balaban J connectivity index is 2.26. The van der Waals surface area contributed by atoms with Crippen molar-refractivity contribution in [2.24, 2.45) is 5.73 Å². The SMILES string of the molecule is CCC(O)(CN)CCCSc1ccc(Br)cc1. The molecule has 0 amide bonds. The van der Waals surface area contributed by atoms with Crippen LogP contribution in [0.1, 0.15) is 26.2 Å². The normalized spacial score (nSPS) is 14.6. The average molecular weight is 318 g/mol. The van der Waals surface area contributed by atoms with E-state index in [2.05, 4.69) is 28.1 Å². The highest BCUT2D eigenvalue weighted by molar-refractivity contribution is 9.10. The van der Waals surface area contributed by atoms with E-state index in [0.717, 1.165) is 29.5 Å². The summed E-state index contributed by atoms with van der Waals surface area (Å²) < 4.78 is 1.10. The van der Waals surface area contributed by atoms with E-state index in [4.69, 9.17) is 5.73 Å². The monoisotopic (exact) mass is 317 g/mol. The molecule has 3 N–H and O–H groups in total. The van der Waals surface area contributed by atoms with Crippen LogP contribution in [-0.4, -0.2) is 23.0 Å². The number of halogens is 1. The third-order valence-electron chi connectivity index (χ3n) is 2.91. The van der Waals surface area contributed by atoms with Gasteiger partial charge in [0.15, 0.2) is 0 Å². The lowest BCUT2D eigenvalue weighted by Crippen LogP contribution is -2.36. The number of benzene rings is 1. The van der Waals surface area contributed by atoms with Gasteiger partial charge in [-0.2, -0.15) is 0 Å². The number of aliphatic hydroxyl groups is 1. The molecule has 1 rings (SSSR count). The van der Waals surface area contributed by atoms with Crippen LogP contribution in [0.2, 0.25) is 0 Å². The number of nitrogens with two attached hydrogens (primary N) is 1. The standard InChI is InChI=1S/C13H20BrNOS/c1-2-13(16,10-15)8-3-9-17-12-6-4-11(14)5-7-12/h4-7,16H,2-3,8-10,15H2,1H3. The van der Waals surface area contributed by atoms with Crippen LogP contribution in [0.5, 0.6) is 0 Å². The maximum Gasteiger partial charge on any atom is 0.0767 e. The van der Waals surface area contributed by atoms with E-state index in [9.17, 15) is 5.11 Å². The molecule has 0 spiro atoms. The van der Waals surface area contributed by atoms with Gasteiger partial charge in [-0.15, -0.1) is 11.8 Å². The molecular formula is C13H20BrNOS. The zero-order chi connectivity index (χ0) is 12.7. The van der Waals surface area contributed by atoms with Crippen LogP contribution in [0.25, 0.3) is 0 Å². The lowest BCUT2D eigenvalue weighted by molar-refractivity contribution is 0.0360. The van der Waals surface area contributed by atoms with Crippen molar-refractivity contribution in [3.63, 3.8) is 0 Å². The fourth-order valence-electron chi connectivity index (χ4n) is 1.55. The topological polar surface area (TPSA) is 46.2 Å². The van der Waals surface area contributed by atoms with Gasteiger partial charge in [-0.1, -0.05) is 22.9 Å². The molecule has 1 aromatic carbocycles. The summed E-state index contributed by atoms with van der Waals surface area (Å²) >= 11 is 5.23. The summed E-state index contributed by atoms with van der Waals surface area (Å²) in [6.45, 7) is 2.33. The van der Waals surface area contributed by atoms with Crippen molar-refractivity contribution in [3.05, 3.63) is 28.7 Å². The third kappa shape index (κ3) is 5.42. The van der Waals surface area contributed by atoms with Gasteiger partial charge in [0.25, 0.3) is 0 Å². The summed E-state index contributed by atoms with van der Waals surface area (Å²) in [5.41, 5.74) is 4.90. The van der Waals surface area contributed by atoms with Crippen molar-refractivity contribution in [2.45, 2.75) is 36.7 Å². The molecule has 0 aliphatic carbocycles. The van der Waals surface area contributed by atoms with Gasteiger partial charge in [-0.05, 0) is 49.3 Å². The van der Waals surface area contributed by atoms with Gasteiger partial charge in [0.1, 0.15) is 0 Å². The summed E-state index contributed by atoms with van der Waals surface area (Å²) in [6, 6.07) is 8.29. The van der Waals surface area contributed by atoms with E-state index < -0.39 is 5.60 Å². The Labute approximate surface area is 116 Å². The summed E-state index contributed by atoms with van der Waals surface area (Å²) in [6.07, 6.45) is 2.50. The molecule has 0 bridgehead atoms. The van der Waals surface area contributed by atoms with E-state index in [1.54, 1.807) is 0 Å². The molecule has 0 saturated carbocycles. The molecule has 0 aromatic heterocycles. The third-order valence-corrected chi connectivity index (χ3v) is 4.53. The molecule has 1 aromatic rings. The summed E-state index contributed by atoms with van der Waals surface area (Å²) in [4.78, 5) is 1.26. The Kier molecular flexibility index (Phi) is 6.55. The van der Waals surface area contributed by atoms with Crippen LogP contribution < -0.4 is 5.73 Å². The fraction of sp³-hybridized carbons (Fsp3) is 0.538. The lowest BCUT2D eigenvalue weighted by atomic mass is 9.95. The second-order valence-corrected chi connectivity index (χ2v) is 6.27. The van der Waals surface area contributed by atoms with Gasteiger partial charge in [-0.3, -0.25) is 0 Å². The predicted octanol–water partition coefficient (Wildman–Crippen LogP) is 3.42. The Bertz CT molecular complexity index is 325. The average Bonchev–Trinajstić information content (AvgIpc) is 2.36. The zero-order valence-electron chi connectivity index (χ0n) is 10.2. The molecule has 0 saturated heterocycles. The smallest absolute Gasteiger partial charge is 0.0767 e. The van der Waals surface area contributed by atoms with Crippen LogP contribution in [-0.2, 0) is 0 Å². The van der Waals surface area contributed by atoms with E-state index in [-0.39, 0.29) is 0 Å². The van der Waals surface area contributed by atoms with Gasteiger partial charge in [0, 0.05) is 15.9 Å². The molecular weight excluding hydrogens is 298 g/mol. The quantitative estimate of drug-likeness (QED) is 0.598. The fourth-order valence-corrected chi connectivity index (χ4v) is 2.66. The molecule has 1 atom stereocenters. The Hall–Kier alpha value is -0.0300. The molecule has 0 fully saturated rings. The maximum atomic E-state index is 10.0. The minimum atomic E-state index is -0.666. The van der Waals surface area contributed by atoms with Crippen LogP contribution in [0.15, 0.2) is 33.6 Å². The Morgan fingerprint density at radius 1 is 1.35 bits per heavy atom.